The molecule has 0 unspecified atom stereocenters. The van der Waals surface area contributed by atoms with E-state index in [2.05, 4.69) is 240 Å². The number of benzene rings is 10. The number of hydrogen-bond donors (Lipinski definition) is 0. The normalized spacial score (nSPS) is 11.6. The molecule has 2 nitrogen and oxygen atoms in total. The Hall–Kier alpha value is -7.72. The molecule has 0 amide bonds. The second kappa shape index (κ2) is 14.5. The van der Waals surface area contributed by atoms with Gasteiger partial charge in [-0.05, 0) is 93.7 Å². The Morgan fingerprint density at radius 3 is 1.54 bits per heavy atom. The lowest BCUT2D eigenvalue weighted by molar-refractivity contribution is 1.18. The maximum atomic E-state index is 2.42. The minimum atomic E-state index is 1.10. The summed E-state index contributed by atoms with van der Waals surface area (Å²) >= 11 is 1.88. The lowest BCUT2D eigenvalue weighted by Gasteiger charge is -2.28. The van der Waals surface area contributed by atoms with E-state index in [0.717, 1.165) is 22.7 Å². The van der Waals surface area contributed by atoms with Gasteiger partial charge in [0.1, 0.15) is 0 Å². The fraction of sp³-hybridized carbons (Fsp3) is 0. The molecule has 0 bridgehead atoms. The first-order valence-corrected chi connectivity index (χ1v) is 21.7. The van der Waals surface area contributed by atoms with E-state index in [1.54, 1.807) is 0 Å². The number of aromatic nitrogens is 1. The summed E-state index contributed by atoms with van der Waals surface area (Å²) in [5, 5.41) is 7.65. The van der Waals surface area contributed by atoms with Gasteiger partial charge in [-0.15, -0.1) is 11.3 Å². The van der Waals surface area contributed by atoms with Gasteiger partial charge in [-0.25, -0.2) is 0 Å². The first-order chi connectivity index (χ1) is 30.3. The smallest absolute Gasteiger partial charge is 0.0541 e. The standard InChI is InChI=1S/C58H38N2S/c1-2-15-46-41(13-1)14-11-20-47(46)42-31-37-44(38-32-42)59(54-23-7-5-18-50(54)52-21-12-22-53-51-19-6-10-26-57(51)61-58(52)53)43-33-27-39(28-34-43)40-29-35-45(36-30-40)60-55-24-8-3-16-48(55)49-17-4-9-25-56(49)60/h1-38H. The zero-order valence-electron chi connectivity index (χ0n) is 33.2. The van der Waals surface area contributed by atoms with Crippen LogP contribution in [0.5, 0.6) is 0 Å². The topological polar surface area (TPSA) is 8.17 Å². The summed E-state index contributed by atoms with van der Waals surface area (Å²) < 4.78 is 4.99. The second-order valence-electron chi connectivity index (χ2n) is 15.7. The van der Waals surface area contributed by atoms with Crippen molar-refractivity contribution in [2.45, 2.75) is 0 Å². The van der Waals surface area contributed by atoms with Crippen LogP contribution in [-0.4, -0.2) is 4.57 Å². The maximum absolute atomic E-state index is 2.42. The summed E-state index contributed by atoms with van der Waals surface area (Å²) in [6.07, 6.45) is 0. The van der Waals surface area contributed by atoms with Gasteiger partial charge in [0, 0.05) is 59.1 Å². The number of hydrogen-bond acceptors (Lipinski definition) is 2. The number of anilines is 3. The molecule has 12 rings (SSSR count). The maximum Gasteiger partial charge on any atom is 0.0541 e. The summed E-state index contributed by atoms with van der Waals surface area (Å²) in [6.45, 7) is 0. The number of thiophene rings is 1. The van der Waals surface area contributed by atoms with Crippen LogP contribution in [0, 0.1) is 0 Å². The van der Waals surface area contributed by atoms with E-state index < -0.39 is 0 Å². The molecule has 12 aromatic rings. The molecule has 0 saturated heterocycles. The van der Waals surface area contributed by atoms with Crippen molar-refractivity contribution in [3.05, 3.63) is 231 Å². The molecule has 10 aromatic carbocycles. The summed E-state index contributed by atoms with van der Waals surface area (Å²) in [5.41, 5.74) is 14.1. The van der Waals surface area contributed by atoms with Crippen LogP contribution < -0.4 is 4.90 Å². The number of rotatable bonds is 7. The van der Waals surface area contributed by atoms with Crippen LogP contribution in [0.25, 0.3) is 91.8 Å². The van der Waals surface area contributed by atoms with Gasteiger partial charge in [0.2, 0.25) is 0 Å². The van der Waals surface area contributed by atoms with Crippen LogP contribution in [-0.2, 0) is 0 Å². The molecule has 286 valence electrons. The molecule has 0 aliphatic rings. The molecule has 0 fully saturated rings. The summed E-state index contributed by atoms with van der Waals surface area (Å²) in [5.74, 6) is 0. The van der Waals surface area contributed by atoms with Crippen molar-refractivity contribution in [1.29, 1.82) is 0 Å². The van der Waals surface area contributed by atoms with Crippen LogP contribution >= 0.6 is 11.3 Å². The number of para-hydroxylation sites is 3. The molecule has 0 radical (unpaired) electrons. The summed E-state index contributed by atoms with van der Waals surface area (Å²) in [7, 11) is 0. The van der Waals surface area contributed by atoms with Gasteiger partial charge in [0.05, 0.1) is 16.7 Å². The highest BCUT2D eigenvalue weighted by Gasteiger charge is 2.20. The fourth-order valence-electron chi connectivity index (χ4n) is 9.36. The lowest BCUT2D eigenvalue weighted by atomic mass is 9.97. The molecular weight excluding hydrogens is 757 g/mol. The van der Waals surface area contributed by atoms with Crippen LogP contribution in [0.1, 0.15) is 0 Å². The van der Waals surface area contributed by atoms with Gasteiger partial charge in [-0.3, -0.25) is 0 Å². The third-order valence-electron chi connectivity index (χ3n) is 12.2. The average Bonchev–Trinajstić information content (AvgIpc) is 3.88. The van der Waals surface area contributed by atoms with E-state index in [0.29, 0.717) is 0 Å². The SMILES string of the molecule is c1ccc(N(c2ccc(-c3ccc(-n4c5ccccc5c5ccccc54)cc3)cc2)c2ccc(-c3cccc4ccccc34)cc2)c(-c2cccc3c2sc2ccccc23)c1. The fourth-order valence-corrected chi connectivity index (χ4v) is 10.6. The zero-order valence-corrected chi connectivity index (χ0v) is 34.1. The van der Waals surface area contributed by atoms with Crippen LogP contribution in [0.15, 0.2) is 231 Å². The summed E-state index contributed by atoms with van der Waals surface area (Å²) in [4.78, 5) is 2.42. The number of fused-ring (bicyclic) bond motifs is 7. The minimum Gasteiger partial charge on any atom is -0.310 e. The Balaban J connectivity index is 0.962. The molecule has 3 heteroatoms. The Morgan fingerprint density at radius 2 is 0.820 bits per heavy atom. The van der Waals surface area contributed by atoms with Crippen molar-refractivity contribution >= 4 is 81.1 Å². The molecule has 2 heterocycles. The van der Waals surface area contributed by atoms with E-state index in [1.807, 2.05) is 11.3 Å². The van der Waals surface area contributed by atoms with Crippen molar-refractivity contribution in [3.63, 3.8) is 0 Å². The van der Waals surface area contributed by atoms with Gasteiger partial charge in [-0.1, -0.05) is 170 Å². The quantitative estimate of drug-likeness (QED) is 0.156. The van der Waals surface area contributed by atoms with E-state index in [-0.39, 0.29) is 0 Å². The number of nitrogens with zero attached hydrogens (tertiary/aromatic N) is 2. The Bertz CT molecular complexity index is 3520. The highest BCUT2D eigenvalue weighted by Crippen LogP contribution is 2.46. The van der Waals surface area contributed by atoms with Crippen molar-refractivity contribution in [2.75, 3.05) is 4.90 Å². The average molecular weight is 795 g/mol. The molecule has 2 aromatic heterocycles. The minimum absolute atomic E-state index is 1.10. The van der Waals surface area contributed by atoms with Crippen LogP contribution in [0.3, 0.4) is 0 Å². The van der Waals surface area contributed by atoms with Crippen molar-refractivity contribution in [2.24, 2.45) is 0 Å². The molecular formula is C58H38N2S. The third-order valence-corrected chi connectivity index (χ3v) is 13.4. The molecule has 0 aliphatic heterocycles. The van der Waals surface area contributed by atoms with E-state index in [4.69, 9.17) is 0 Å². The molecule has 0 N–H and O–H groups in total. The van der Waals surface area contributed by atoms with Crippen LogP contribution in [0.2, 0.25) is 0 Å². The van der Waals surface area contributed by atoms with Gasteiger partial charge in [0.25, 0.3) is 0 Å². The third kappa shape index (κ3) is 5.93. The van der Waals surface area contributed by atoms with Gasteiger partial charge in [-0.2, -0.15) is 0 Å². The molecule has 0 spiro atoms. The first-order valence-electron chi connectivity index (χ1n) is 20.8. The van der Waals surface area contributed by atoms with Gasteiger partial charge >= 0.3 is 0 Å². The monoisotopic (exact) mass is 794 g/mol. The second-order valence-corrected chi connectivity index (χ2v) is 16.7. The van der Waals surface area contributed by atoms with Crippen molar-refractivity contribution in [3.8, 4) is 39.1 Å². The Labute approximate surface area is 358 Å². The Kier molecular flexibility index (Phi) is 8.39. The highest BCUT2D eigenvalue weighted by atomic mass is 32.1. The molecule has 61 heavy (non-hydrogen) atoms. The predicted octanol–water partition coefficient (Wildman–Crippen LogP) is 16.8. The zero-order chi connectivity index (χ0) is 40.3. The largest absolute Gasteiger partial charge is 0.310 e. The Morgan fingerprint density at radius 1 is 0.328 bits per heavy atom. The molecule has 0 atom stereocenters. The lowest BCUT2D eigenvalue weighted by Crippen LogP contribution is -2.11. The summed E-state index contributed by atoms with van der Waals surface area (Å²) in [6, 6.07) is 84.1. The van der Waals surface area contributed by atoms with Crippen molar-refractivity contribution in [1.82, 2.24) is 4.57 Å². The van der Waals surface area contributed by atoms with E-state index >= 15 is 0 Å². The first kappa shape index (κ1) is 35.2. The van der Waals surface area contributed by atoms with E-state index in [1.165, 1.54) is 86.1 Å². The highest BCUT2D eigenvalue weighted by molar-refractivity contribution is 7.26. The van der Waals surface area contributed by atoms with Gasteiger partial charge in [0.15, 0.2) is 0 Å². The van der Waals surface area contributed by atoms with Gasteiger partial charge < -0.3 is 9.47 Å². The predicted molar refractivity (Wildman–Crippen MR) is 262 cm³/mol. The molecule has 0 saturated carbocycles. The van der Waals surface area contributed by atoms with Crippen LogP contribution in [0.4, 0.5) is 17.1 Å². The molecule has 0 aliphatic carbocycles. The van der Waals surface area contributed by atoms with Crippen molar-refractivity contribution < 1.29 is 0 Å². The van der Waals surface area contributed by atoms with E-state index in [9.17, 15) is 0 Å².